The first-order valence-corrected chi connectivity index (χ1v) is 7.10. The Morgan fingerprint density at radius 1 is 1.06 bits per heavy atom. The van der Waals surface area contributed by atoms with Gasteiger partial charge >= 0.3 is 0 Å². The third-order valence-corrected chi connectivity index (χ3v) is 4.22. The van der Waals surface area contributed by atoms with Crippen LogP contribution in [0.1, 0.15) is 24.4 Å². The molecule has 0 spiro atoms. The summed E-state index contributed by atoms with van der Waals surface area (Å²) in [6, 6.07) is 9.78. The highest BCUT2D eigenvalue weighted by atomic mass is 15.2. The van der Waals surface area contributed by atoms with Crippen molar-refractivity contribution in [1.29, 1.82) is 0 Å². The lowest BCUT2D eigenvalue weighted by Crippen LogP contribution is -2.44. The topological polar surface area (TPSA) is 18.5 Å². The van der Waals surface area contributed by atoms with Crippen LogP contribution in [0.2, 0.25) is 0 Å². The Morgan fingerprint density at radius 3 is 2.39 bits per heavy atom. The van der Waals surface area contributed by atoms with Crippen LogP contribution in [-0.2, 0) is 0 Å². The summed E-state index contributed by atoms with van der Waals surface area (Å²) in [6.45, 7) is 5.82. The average Bonchev–Trinajstić information content (AvgIpc) is 2.94. The molecule has 1 atom stereocenters. The lowest BCUT2D eigenvalue weighted by Gasteiger charge is -2.34. The number of nitrogens with zero attached hydrogens (tertiary/aromatic N) is 2. The van der Waals surface area contributed by atoms with E-state index in [1.165, 1.54) is 43.7 Å². The SMILES string of the molecule is CN1CCN(c2ccc([C@H]3CCCN3)cc2)CC1. The van der Waals surface area contributed by atoms with E-state index in [-0.39, 0.29) is 0 Å². The average molecular weight is 245 g/mol. The normalized spacial score (nSPS) is 25.6. The number of rotatable bonds is 2. The Morgan fingerprint density at radius 2 is 1.78 bits per heavy atom. The molecule has 0 unspecified atom stereocenters. The standard InChI is InChI=1S/C15H23N3/c1-17-9-11-18(12-10-17)14-6-4-13(5-7-14)15-3-2-8-16-15/h4-7,15-16H,2-3,8-12H2,1H3/t15-/m1/s1. The van der Waals surface area contributed by atoms with Gasteiger partial charge < -0.3 is 15.1 Å². The molecule has 2 aliphatic heterocycles. The number of anilines is 1. The second-order valence-corrected chi connectivity index (χ2v) is 5.53. The van der Waals surface area contributed by atoms with Crippen LogP contribution in [0.25, 0.3) is 0 Å². The Balaban J connectivity index is 1.67. The summed E-state index contributed by atoms with van der Waals surface area (Å²) < 4.78 is 0. The largest absolute Gasteiger partial charge is 0.369 e. The first-order valence-electron chi connectivity index (χ1n) is 7.10. The molecule has 3 rings (SSSR count). The molecular formula is C15H23N3. The van der Waals surface area contributed by atoms with Crippen molar-refractivity contribution in [3.8, 4) is 0 Å². The molecule has 3 nitrogen and oxygen atoms in total. The predicted octanol–water partition coefficient (Wildman–Crippen LogP) is 1.86. The fourth-order valence-corrected chi connectivity index (χ4v) is 2.95. The molecule has 0 aromatic heterocycles. The third kappa shape index (κ3) is 2.52. The van der Waals surface area contributed by atoms with Crippen LogP contribution in [0.4, 0.5) is 5.69 Å². The van der Waals surface area contributed by atoms with E-state index in [0.29, 0.717) is 6.04 Å². The molecule has 1 N–H and O–H groups in total. The molecule has 0 bridgehead atoms. The monoisotopic (exact) mass is 245 g/mol. The summed E-state index contributed by atoms with van der Waals surface area (Å²) in [4.78, 5) is 4.89. The van der Waals surface area contributed by atoms with Crippen molar-refractivity contribution in [2.75, 3.05) is 44.7 Å². The van der Waals surface area contributed by atoms with E-state index in [0.717, 1.165) is 13.1 Å². The number of nitrogens with one attached hydrogen (secondary N) is 1. The lowest BCUT2D eigenvalue weighted by atomic mass is 10.0. The van der Waals surface area contributed by atoms with Gasteiger partial charge in [-0.05, 0) is 44.1 Å². The van der Waals surface area contributed by atoms with Crippen LogP contribution >= 0.6 is 0 Å². The first kappa shape index (κ1) is 12.0. The van der Waals surface area contributed by atoms with Crippen molar-refractivity contribution < 1.29 is 0 Å². The van der Waals surface area contributed by atoms with E-state index >= 15 is 0 Å². The highest BCUT2D eigenvalue weighted by Gasteiger charge is 2.17. The highest BCUT2D eigenvalue weighted by Crippen LogP contribution is 2.25. The smallest absolute Gasteiger partial charge is 0.0367 e. The molecule has 0 amide bonds. The summed E-state index contributed by atoms with van der Waals surface area (Å²) in [5.74, 6) is 0. The van der Waals surface area contributed by atoms with Crippen molar-refractivity contribution in [1.82, 2.24) is 10.2 Å². The third-order valence-electron chi connectivity index (χ3n) is 4.22. The van der Waals surface area contributed by atoms with E-state index in [1.54, 1.807) is 0 Å². The van der Waals surface area contributed by atoms with Gasteiger partial charge in [-0.15, -0.1) is 0 Å². The summed E-state index contributed by atoms with van der Waals surface area (Å²) >= 11 is 0. The maximum absolute atomic E-state index is 3.56. The first-order chi connectivity index (χ1) is 8.83. The van der Waals surface area contributed by atoms with Gasteiger partial charge in [-0.25, -0.2) is 0 Å². The Bertz CT molecular complexity index is 373. The molecule has 3 heteroatoms. The second-order valence-electron chi connectivity index (χ2n) is 5.53. The lowest BCUT2D eigenvalue weighted by molar-refractivity contribution is 0.313. The van der Waals surface area contributed by atoms with Crippen molar-refractivity contribution in [3.05, 3.63) is 29.8 Å². The summed E-state index contributed by atoms with van der Waals surface area (Å²) in [6.07, 6.45) is 2.60. The van der Waals surface area contributed by atoms with Crippen LogP contribution in [0, 0.1) is 0 Å². The van der Waals surface area contributed by atoms with Crippen LogP contribution in [0.3, 0.4) is 0 Å². The minimum atomic E-state index is 0.589. The Kier molecular flexibility index (Phi) is 3.52. The maximum Gasteiger partial charge on any atom is 0.0367 e. The molecule has 98 valence electrons. The van der Waals surface area contributed by atoms with E-state index < -0.39 is 0 Å². The van der Waals surface area contributed by atoms with Gasteiger partial charge in [0.05, 0.1) is 0 Å². The van der Waals surface area contributed by atoms with Gasteiger partial charge in [0.1, 0.15) is 0 Å². The van der Waals surface area contributed by atoms with Crippen LogP contribution in [0.15, 0.2) is 24.3 Å². The summed E-state index contributed by atoms with van der Waals surface area (Å²) in [5, 5.41) is 3.56. The van der Waals surface area contributed by atoms with Crippen LogP contribution < -0.4 is 10.2 Å². The molecule has 2 aliphatic rings. The van der Waals surface area contributed by atoms with Gasteiger partial charge in [-0.2, -0.15) is 0 Å². The van der Waals surface area contributed by atoms with Crippen molar-refractivity contribution in [3.63, 3.8) is 0 Å². The number of benzene rings is 1. The minimum Gasteiger partial charge on any atom is -0.369 e. The molecule has 2 saturated heterocycles. The van der Waals surface area contributed by atoms with Gasteiger partial charge in [-0.1, -0.05) is 12.1 Å². The highest BCUT2D eigenvalue weighted by molar-refractivity contribution is 5.48. The van der Waals surface area contributed by atoms with E-state index in [4.69, 9.17) is 0 Å². The summed E-state index contributed by atoms with van der Waals surface area (Å²) in [5.41, 5.74) is 2.83. The van der Waals surface area contributed by atoms with Crippen molar-refractivity contribution in [2.24, 2.45) is 0 Å². The zero-order valence-electron chi connectivity index (χ0n) is 11.2. The second kappa shape index (κ2) is 5.29. The summed E-state index contributed by atoms with van der Waals surface area (Å²) in [7, 11) is 2.20. The molecule has 1 aromatic rings. The minimum absolute atomic E-state index is 0.589. The molecule has 2 fully saturated rings. The van der Waals surface area contributed by atoms with Gasteiger partial charge in [0.25, 0.3) is 0 Å². The van der Waals surface area contributed by atoms with Crippen molar-refractivity contribution in [2.45, 2.75) is 18.9 Å². The molecular weight excluding hydrogens is 222 g/mol. The van der Waals surface area contributed by atoms with E-state index in [2.05, 4.69) is 46.4 Å². The predicted molar refractivity (Wildman–Crippen MR) is 76.1 cm³/mol. The Hall–Kier alpha value is -1.06. The molecule has 1 aromatic carbocycles. The van der Waals surface area contributed by atoms with E-state index in [9.17, 15) is 0 Å². The molecule has 18 heavy (non-hydrogen) atoms. The van der Waals surface area contributed by atoms with Gasteiger partial charge in [0.15, 0.2) is 0 Å². The zero-order chi connectivity index (χ0) is 12.4. The quantitative estimate of drug-likeness (QED) is 0.858. The molecule has 0 radical (unpaired) electrons. The number of hydrogen-bond donors (Lipinski definition) is 1. The van der Waals surface area contributed by atoms with Gasteiger partial charge in [0.2, 0.25) is 0 Å². The van der Waals surface area contributed by atoms with E-state index in [1.807, 2.05) is 0 Å². The fraction of sp³-hybridized carbons (Fsp3) is 0.600. The molecule has 0 saturated carbocycles. The maximum atomic E-state index is 3.56. The molecule has 2 heterocycles. The zero-order valence-corrected chi connectivity index (χ0v) is 11.2. The van der Waals surface area contributed by atoms with Crippen LogP contribution in [-0.4, -0.2) is 44.7 Å². The van der Waals surface area contributed by atoms with Gasteiger partial charge in [0, 0.05) is 37.9 Å². The number of piperazine rings is 1. The van der Waals surface area contributed by atoms with Crippen LogP contribution in [0.5, 0.6) is 0 Å². The molecule has 0 aliphatic carbocycles. The fourth-order valence-electron chi connectivity index (χ4n) is 2.95. The van der Waals surface area contributed by atoms with Crippen molar-refractivity contribution >= 4 is 5.69 Å². The Labute approximate surface area is 110 Å². The number of hydrogen-bond acceptors (Lipinski definition) is 3. The number of likely N-dealkylation sites (N-methyl/N-ethyl adjacent to an activating group) is 1. The van der Waals surface area contributed by atoms with Gasteiger partial charge in [-0.3, -0.25) is 0 Å².